The van der Waals surface area contributed by atoms with Crippen LogP contribution in [0, 0.1) is 0 Å². The lowest BCUT2D eigenvalue weighted by Crippen LogP contribution is -2.12. The van der Waals surface area contributed by atoms with Gasteiger partial charge in [-0.25, -0.2) is 0 Å². The molecule has 0 radical (unpaired) electrons. The van der Waals surface area contributed by atoms with Crippen molar-refractivity contribution >= 4 is 32.3 Å². The average Bonchev–Trinajstić information content (AvgIpc) is 3.28. The maximum atomic E-state index is 2.53. The first-order valence-electron chi connectivity index (χ1n) is 24.9. The minimum Gasteiger partial charge on any atom is -0.0622 e. The first kappa shape index (κ1) is 46.9. The fourth-order valence-corrected chi connectivity index (χ4v) is 10.2. The van der Waals surface area contributed by atoms with Gasteiger partial charge < -0.3 is 0 Å². The van der Waals surface area contributed by atoms with Crippen LogP contribution in [-0.2, 0) is 27.1 Å². The zero-order chi connectivity index (χ0) is 48.7. The number of benzene rings is 9. The molecule has 0 aromatic heterocycles. The molecule has 0 nitrogen and oxygen atoms in total. The Morgan fingerprint density at radius 2 is 0.441 bits per heavy atom. The molecule has 0 unspecified atom stereocenters. The molecule has 0 aliphatic heterocycles. The maximum Gasteiger partial charge on any atom is -0.000139 e. The van der Waals surface area contributed by atoms with Gasteiger partial charge in [-0.2, -0.15) is 0 Å². The van der Waals surface area contributed by atoms with Crippen molar-refractivity contribution in [1.29, 1.82) is 0 Å². The molecule has 9 aromatic rings. The lowest BCUT2D eigenvalue weighted by molar-refractivity contribution is 0.590. The van der Waals surface area contributed by atoms with Crippen molar-refractivity contribution in [2.45, 2.75) is 131 Å². The van der Waals surface area contributed by atoms with E-state index >= 15 is 0 Å². The first-order valence-corrected chi connectivity index (χ1v) is 24.9. The Morgan fingerprint density at radius 3 is 0.735 bits per heavy atom. The molecule has 344 valence electrons. The maximum absolute atomic E-state index is 2.53. The second-order valence-electron chi connectivity index (χ2n) is 24.7. The van der Waals surface area contributed by atoms with Crippen LogP contribution in [0.25, 0.3) is 88.0 Å². The van der Waals surface area contributed by atoms with Crippen LogP contribution in [0.5, 0.6) is 0 Å². The number of rotatable bonds is 5. The molecule has 0 aliphatic rings. The summed E-state index contributed by atoms with van der Waals surface area (Å²) >= 11 is 0. The van der Waals surface area contributed by atoms with Crippen molar-refractivity contribution in [1.82, 2.24) is 0 Å². The monoisotopic (exact) mass is 889 g/mol. The predicted octanol–water partition coefficient (Wildman–Crippen LogP) is 20.0. The molecule has 0 bridgehead atoms. The Morgan fingerprint density at radius 1 is 0.206 bits per heavy atom. The molecular weight excluding hydrogens is 817 g/mol. The zero-order valence-corrected chi connectivity index (χ0v) is 43.6. The van der Waals surface area contributed by atoms with Gasteiger partial charge in [0.05, 0.1) is 0 Å². The number of hydrogen-bond donors (Lipinski definition) is 0. The molecule has 0 saturated heterocycles. The summed E-state index contributed by atoms with van der Waals surface area (Å²) in [6, 6.07) is 63.6. The fourth-order valence-electron chi connectivity index (χ4n) is 10.2. The van der Waals surface area contributed by atoms with Crippen LogP contribution in [0.2, 0.25) is 0 Å². The molecule has 0 N–H and O–H groups in total. The molecule has 0 heterocycles. The number of fused-ring (bicyclic) bond motifs is 3. The van der Waals surface area contributed by atoms with Crippen molar-refractivity contribution in [3.63, 3.8) is 0 Å². The Hall–Kier alpha value is -6.24. The molecule has 68 heavy (non-hydrogen) atoms. The van der Waals surface area contributed by atoms with E-state index in [-0.39, 0.29) is 27.1 Å². The zero-order valence-electron chi connectivity index (χ0n) is 43.6. The van der Waals surface area contributed by atoms with Crippen LogP contribution in [0.4, 0.5) is 0 Å². The predicted molar refractivity (Wildman–Crippen MR) is 300 cm³/mol. The van der Waals surface area contributed by atoms with Crippen LogP contribution in [-0.4, -0.2) is 0 Å². The Labute approximate surface area is 408 Å². The standard InChI is InChI=1S/C68H72/c1-64(2,3)49-31-25-46(26-32-49)58-55-40-38-53(68(13,14)15)42-57(55)61(48-29-35-51(36-30-48)66(7,8)9)63-59(47-27-33-50(34-28-47)65(4,5)6)54-39-37-52(67(10,11)12)41-56(54)60(62(58)63)45-23-21-44(22-24-45)43-19-17-16-18-20-43/h16-42H,1-15H3. The Bertz CT molecular complexity index is 3300. The van der Waals surface area contributed by atoms with E-state index in [0.29, 0.717) is 0 Å². The molecule has 0 spiro atoms. The summed E-state index contributed by atoms with van der Waals surface area (Å²) in [5.41, 5.74) is 19.1. The summed E-state index contributed by atoms with van der Waals surface area (Å²) in [4.78, 5) is 0. The van der Waals surface area contributed by atoms with E-state index in [9.17, 15) is 0 Å². The van der Waals surface area contributed by atoms with Crippen molar-refractivity contribution in [2.24, 2.45) is 0 Å². The number of hydrogen-bond acceptors (Lipinski definition) is 0. The lowest BCUT2D eigenvalue weighted by Gasteiger charge is -2.28. The highest BCUT2D eigenvalue weighted by Crippen LogP contribution is 2.55. The lowest BCUT2D eigenvalue weighted by atomic mass is 9.75. The van der Waals surface area contributed by atoms with Crippen LogP contribution >= 0.6 is 0 Å². The summed E-state index contributed by atoms with van der Waals surface area (Å²) in [5, 5.41) is 7.69. The van der Waals surface area contributed by atoms with Crippen molar-refractivity contribution < 1.29 is 0 Å². The van der Waals surface area contributed by atoms with Crippen molar-refractivity contribution in [3.8, 4) is 55.6 Å². The average molecular weight is 889 g/mol. The summed E-state index contributed by atoms with van der Waals surface area (Å²) in [6.45, 7) is 34.9. The van der Waals surface area contributed by atoms with Gasteiger partial charge >= 0.3 is 0 Å². The fraction of sp³-hybridized carbons (Fsp3) is 0.294. The van der Waals surface area contributed by atoms with Gasteiger partial charge in [0.1, 0.15) is 0 Å². The quantitative estimate of drug-likeness (QED) is 0.151. The SMILES string of the molecule is CC(C)(C)c1ccc(-c2c3ccc(C(C)(C)C)cc3c(-c3ccc(C(C)(C)C)cc3)c3c(-c4ccc(C(C)(C)C)cc4)c4ccc(C(C)(C)C)cc4c(-c4ccc(-c5ccccc5)cc4)c23)cc1. The molecule has 0 amide bonds. The third kappa shape index (κ3) is 8.73. The third-order valence-electron chi connectivity index (χ3n) is 14.5. The first-order chi connectivity index (χ1) is 31.9. The van der Waals surface area contributed by atoms with Crippen LogP contribution < -0.4 is 0 Å². The summed E-state index contributed by atoms with van der Waals surface area (Å²) < 4.78 is 0. The molecular formula is C68H72. The highest BCUT2D eigenvalue weighted by atomic mass is 14.3. The van der Waals surface area contributed by atoms with Crippen LogP contribution in [0.1, 0.15) is 132 Å². The van der Waals surface area contributed by atoms with E-state index in [1.54, 1.807) is 0 Å². The van der Waals surface area contributed by atoms with E-state index < -0.39 is 0 Å². The van der Waals surface area contributed by atoms with E-state index in [2.05, 4.69) is 268 Å². The van der Waals surface area contributed by atoms with E-state index in [1.807, 2.05) is 0 Å². The molecule has 0 fully saturated rings. The van der Waals surface area contributed by atoms with Gasteiger partial charge in [0.15, 0.2) is 0 Å². The summed E-state index contributed by atoms with van der Waals surface area (Å²) in [7, 11) is 0. The molecule has 0 aliphatic carbocycles. The normalized spacial score (nSPS) is 12.9. The van der Waals surface area contributed by atoms with E-state index in [1.165, 1.54) is 116 Å². The summed E-state index contributed by atoms with van der Waals surface area (Å²) in [5.74, 6) is 0. The van der Waals surface area contributed by atoms with E-state index in [4.69, 9.17) is 0 Å². The second kappa shape index (κ2) is 16.8. The molecule has 9 aromatic carbocycles. The Balaban J connectivity index is 1.59. The van der Waals surface area contributed by atoms with Crippen molar-refractivity contribution in [2.75, 3.05) is 0 Å². The smallest absolute Gasteiger partial charge is 0.000139 e. The summed E-state index contributed by atoms with van der Waals surface area (Å²) in [6.07, 6.45) is 0. The molecule has 0 heteroatoms. The largest absolute Gasteiger partial charge is 0.0622 e. The van der Waals surface area contributed by atoms with E-state index in [0.717, 1.165) is 0 Å². The minimum atomic E-state index is -0.0651. The van der Waals surface area contributed by atoms with Gasteiger partial charge in [0.2, 0.25) is 0 Å². The molecule has 0 atom stereocenters. The van der Waals surface area contributed by atoms with Crippen LogP contribution in [0.15, 0.2) is 164 Å². The second-order valence-corrected chi connectivity index (χ2v) is 24.7. The highest BCUT2D eigenvalue weighted by molar-refractivity contribution is 6.34. The molecule has 0 saturated carbocycles. The molecule has 9 rings (SSSR count). The Kier molecular flexibility index (Phi) is 11.6. The van der Waals surface area contributed by atoms with Gasteiger partial charge in [-0.05, 0) is 155 Å². The van der Waals surface area contributed by atoms with Gasteiger partial charge in [-0.1, -0.05) is 256 Å². The van der Waals surface area contributed by atoms with Gasteiger partial charge in [0.25, 0.3) is 0 Å². The van der Waals surface area contributed by atoms with Crippen molar-refractivity contribution in [3.05, 3.63) is 192 Å². The minimum absolute atomic E-state index is 0.0188. The van der Waals surface area contributed by atoms with Gasteiger partial charge in [0, 0.05) is 0 Å². The van der Waals surface area contributed by atoms with Crippen LogP contribution in [0.3, 0.4) is 0 Å². The highest BCUT2D eigenvalue weighted by Gasteiger charge is 2.29. The topological polar surface area (TPSA) is 0 Å². The third-order valence-corrected chi connectivity index (χ3v) is 14.5. The van der Waals surface area contributed by atoms with Gasteiger partial charge in [-0.15, -0.1) is 0 Å². The van der Waals surface area contributed by atoms with Gasteiger partial charge in [-0.3, -0.25) is 0 Å².